The summed E-state index contributed by atoms with van der Waals surface area (Å²) in [5.74, 6) is -0.00915. The molecule has 1 fully saturated rings. The van der Waals surface area contributed by atoms with E-state index < -0.39 is 18.2 Å². The van der Waals surface area contributed by atoms with Crippen molar-refractivity contribution in [3.63, 3.8) is 0 Å². The first-order chi connectivity index (χ1) is 17.6. The molecule has 0 aliphatic carbocycles. The maximum atomic E-state index is 13.0. The van der Waals surface area contributed by atoms with E-state index in [1.54, 1.807) is 24.3 Å². The van der Waals surface area contributed by atoms with Crippen molar-refractivity contribution in [3.8, 4) is 0 Å². The summed E-state index contributed by atoms with van der Waals surface area (Å²) in [6.07, 6.45) is 2.66. The molecule has 4 nitrogen and oxygen atoms in total. The van der Waals surface area contributed by atoms with Crippen LogP contribution in [0.3, 0.4) is 0 Å². The van der Waals surface area contributed by atoms with E-state index in [2.05, 4.69) is 81.4 Å². The van der Waals surface area contributed by atoms with Crippen molar-refractivity contribution < 1.29 is 17.6 Å². The van der Waals surface area contributed by atoms with Gasteiger partial charge in [-0.25, -0.2) is 8.42 Å². The molecule has 198 valence electrons. The summed E-state index contributed by atoms with van der Waals surface area (Å²) in [6.45, 7) is 9.33. The second kappa shape index (κ2) is 11.6. The summed E-state index contributed by atoms with van der Waals surface area (Å²) < 4.78 is 39.6. The van der Waals surface area contributed by atoms with Crippen LogP contribution in [0.1, 0.15) is 47.0 Å². The monoisotopic (exact) mass is 536 g/mol. The standard InChI is InChI=1S/C31H40O4SSi/c1-25(24-36(32,33)27-16-8-5-9-17-27)30-22-14-15-26(35-30)23-34-37(31(2,3)4,28-18-10-6-11-19-28)29-20-12-7-13-21-29/h5-13,16-21,25-26,30H,14-15,22-24H2,1-4H3/t25-,26+,30+/m1/s1. The summed E-state index contributed by atoms with van der Waals surface area (Å²) in [7, 11) is -6.00. The van der Waals surface area contributed by atoms with E-state index in [0.717, 1.165) is 19.3 Å². The topological polar surface area (TPSA) is 52.6 Å². The highest BCUT2D eigenvalue weighted by molar-refractivity contribution is 7.91. The molecule has 1 heterocycles. The van der Waals surface area contributed by atoms with Crippen LogP contribution < -0.4 is 10.4 Å². The van der Waals surface area contributed by atoms with E-state index >= 15 is 0 Å². The lowest BCUT2D eigenvalue weighted by atomic mass is 9.96. The fraction of sp³-hybridized carbons (Fsp3) is 0.419. The zero-order valence-electron chi connectivity index (χ0n) is 22.5. The zero-order valence-corrected chi connectivity index (χ0v) is 24.3. The first-order valence-corrected chi connectivity index (χ1v) is 16.9. The molecule has 1 aliphatic heterocycles. The van der Waals surface area contributed by atoms with Crippen LogP contribution in [0.15, 0.2) is 95.9 Å². The second-order valence-electron chi connectivity index (χ2n) is 11.3. The number of rotatable bonds is 9. The smallest absolute Gasteiger partial charge is 0.261 e. The van der Waals surface area contributed by atoms with Gasteiger partial charge in [0.1, 0.15) is 0 Å². The summed E-state index contributed by atoms with van der Waals surface area (Å²) >= 11 is 0. The van der Waals surface area contributed by atoms with Crippen LogP contribution in [0, 0.1) is 5.92 Å². The van der Waals surface area contributed by atoms with Gasteiger partial charge in [-0.05, 0) is 52.7 Å². The van der Waals surface area contributed by atoms with Crippen LogP contribution in [0.5, 0.6) is 0 Å². The van der Waals surface area contributed by atoms with Crippen molar-refractivity contribution in [3.05, 3.63) is 91.0 Å². The van der Waals surface area contributed by atoms with E-state index in [4.69, 9.17) is 9.16 Å². The van der Waals surface area contributed by atoms with Crippen molar-refractivity contribution in [2.75, 3.05) is 12.4 Å². The van der Waals surface area contributed by atoms with Crippen molar-refractivity contribution in [1.82, 2.24) is 0 Å². The summed E-state index contributed by atoms with van der Waals surface area (Å²) in [5, 5.41) is 2.41. The zero-order chi connectivity index (χ0) is 26.5. The maximum absolute atomic E-state index is 13.0. The third kappa shape index (κ3) is 6.25. The summed E-state index contributed by atoms with van der Waals surface area (Å²) in [6, 6.07) is 30.0. The predicted octanol–water partition coefficient (Wildman–Crippen LogP) is 5.61. The highest BCUT2D eigenvalue weighted by Gasteiger charge is 2.50. The molecular formula is C31H40O4SSi. The molecule has 0 radical (unpaired) electrons. The Morgan fingerprint density at radius 3 is 1.89 bits per heavy atom. The maximum Gasteiger partial charge on any atom is 0.261 e. The quantitative estimate of drug-likeness (QED) is 0.334. The predicted molar refractivity (Wildman–Crippen MR) is 154 cm³/mol. The molecule has 0 unspecified atom stereocenters. The van der Waals surface area contributed by atoms with Crippen LogP contribution in [0.2, 0.25) is 5.04 Å². The Bertz CT molecular complexity index is 1180. The van der Waals surface area contributed by atoms with Crippen LogP contribution >= 0.6 is 0 Å². The molecule has 37 heavy (non-hydrogen) atoms. The first kappa shape index (κ1) is 27.8. The highest BCUT2D eigenvalue weighted by Crippen LogP contribution is 2.37. The number of ether oxygens (including phenoxy) is 1. The molecule has 0 N–H and O–H groups in total. The molecular weight excluding hydrogens is 496 g/mol. The first-order valence-electron chi connectivity index (χ1n) is 13.3. The Morgan fingerprint density at radius 2 is 1.38 bits per heavy atom. The van der Waals surface area contributed by atoms with Gasteiger partial charge in [-0.3, -0.25) is 0 Å². The fourth-order valence-electron chi connectivity index (χ4n) is 5.63. The Hall–Kier alpha value is -2.25. The Labute approximate surface area is 224 Å². The normalized spacial score (nSPS) is 19.9. The van der Waals surface area contributed by atoms with Gasteiger partial charge in [0.05, 0.1) is 29.5 Å². The van der Waals surface area contributed by atoms with Gasteiger partial charge in [-0.2, -0.15) is 0 Å². The molecule has 0 amide bonds. The number of sulfone groups is 1. The molecule has 0 bridgehead atoms. The average molecular weight is 537 g/mol. The Kier molecular flexibility index (Phi) is 8.74. The largest absolute Gasteiger partial charge is 0.405 e. The third-order valence-electron chi connectivity index (χ3n) is 7.50. The third-order valence-corrected chi connectivity index (χ3v) is 14.5. The van der Waals surface area contributed by atoms with Gasteiger partial charge in [0.25, 0.3) is 8.32 Å². The van der Waals surface area contributed by atoms with Crippen LogP contribution in [-0.2, 0) is 19.0 Å². The SMILES string of the molecule is C[C@H](CS(=O)(=O)c1ccccc1)[C@@H]1CCC[C@@H](CO[Si](c2ccccc2)(c2ccccc2)C(C)(C)C)O1. The van der Waals surface area contributed by atoms with Gasteiger partial charge >= 0.3 is 0 Å². The second-order valence-corrected chi connectivity index (χ2v) is 17.6. The average Bonchev–Trinajstić information content (AvgIpc) is 2.90. The molecule has 0 spiro atoms. The van der Waals surface area contributed by atoms with Gasteiger partial charge in [0.15, 0.2) is 9.84 Å². The van der Waals surface area contributed by atoms with Gasteiger partial charge in [0.2, 0.25) is 0 Å². The minimum atomic E-state index is -3.36. The van der Waals surface area contributed by atoms with Crippen molar-refractivity contribution in [2.45, 2.75) is 69.1 Å². The van der Waals surface area contributed by atoms with Gasteiger partial charge < -0.3 is 9.16 Å². The molecule has 0 saturated carbocycles. The lowest BCUT2D eigenvalue weighted by Crippen LogP contribution is -2.67. The summed E-state index contributed by atoms with van der Waals surface area (Å²) in [5.41, 5.74) is 0. The lowest BCUT2D eigenvalue weighted by molar-refractivity contribution is -0.0863. The molecule has 3 atom stereocenters. The molecule has 3 aromatic rings. The van der Waals surface area contributed by atoms with E-state index in [-0.39, 0.29) is 28.9 Å². The minimum Gasteiger partial charge on any atom is -0.405 e. The van der Waals surface area contributed by atoms with Crippen LogP contribution in [-0.4, -0.2) is 41.3 Å². The Balaban J connectivity index is 1.52. The number of benzene rings is 3. The molecule has 1 saturated heterocycles. The van der Waals surface area contributed by atoms with Crippen molar-refractivity contribution in [1.29, 1.82) is 0 Å². The van der Waals surface area contributed by atoms with Crippen molar-refractivity contribution in [2.24, 2.45) is 5.92 Å². The van der Waals surface area contributed by atoms with Crippen molar-refractivity contribution >= 4 is 28.5 Å². The molecule has 6 heteroatoms. The van der Waals surface area contributed by atoms with Crippen LogP contribution in [0.4, 0.5) is 0 Å². The fourth-order valence-corrected chi connectivity index (χ4v) is 11.9. The minimum absolute atomic E-state index is 0.0534. The number of hydrogen-bond acceptors (Lipinski definition) is 4. The van der Waals surface area contributed by atoms with E-state index in [1.807, 2.05) is 13.0 Å². The van der Waals surface area contributed by atoms with Gasteiger partial charge in [-0.15, -0.1) is 0 Å². The highest BCUT2D eigenvalue weighted by atomic mass is 32.2. The van der Waals surface area contributed by atoms with E-state index in [9.17, 15) is 8.42 Å². The van der Waals surface area contributed by atoms with E-state index in [1.165, 1.54) is 10.4 Å². The molecule has 0 aromatic heterocycles. The molecule has 1 aliphatic rings. The molecule has 3 aromatic carbocycles. The number of hydrogen-bond donors (Lipinski definition) is 0. The lowest BCUT2D eigenvalue weighted by Gasteiger charge is -2.44. The van der Waals surface area contributed by atoms with E-state index in [0.29, 0.717) is 11.5 Å². The van der Waals surface area contributed by atoms with Gasteiger partial charge in [0, 0.05) is 0 Å². The van der Waals surface area contributed by atoms with Gasteiger partial charge in [-0.1, -0.05) is 107 Å². The van der Waals surface area contributed by atoms with Crippen LogP contribution in [0.25, 0.3) is 0 Å². The Morgan fingerprint density at radius 1 is 0.865 bits per heavy atom. The molecule has 4 rings (SSSR count). The summed E-state index contributed by atoms with van der Waals surface area (Å²) in [4.78, 5) is 0.379.